The monoisotopic (exact) mass is 330 g/mol. The van der Waals surface area contributed by atoms with Gasteiger partial charge in [0.1, 0.15) is 5.82 Å². The normalized spacial score (nSPS) is 22.4. The zero-order valence-electron chi connectivity index (χ0n) is 12.4. The Morgan fingerprint density at radius 2 is 2.32 bits per heavy atom. The average molecular weight is 331 g/mol. The molecule has 0 aromatic heterocycles. The Bertz CT molecular complexity index is 536. The minimum atomic E-state index is -1.00. The van der Waals surface area contributed by atoms with Gasteiger partial charge in [0.15, 0.2) is 0 Å². The van der Waals surface area contributed by atoms with Crippen LogP contribution in [0.3, 0.4) is 0 Å². The molecule has 0 bridgehead atoms. The van der Waals surface area contributed by atoms with E-state index in [0.717, 1.165) is 18.9 Å². The molecule has 122 valence electrons. The first-order valence-electron chi connectivity index (χ1n) is 7.18. The first-order chi connectivity index (χ1) is 10.4. The minimum Gasteiger partial charge on any atom is -0.387 e. The lowest BCUT2D eigenvalue weighted by Gasteiger charge is -2.23. The molecule has 1 aromatic carbocycles. The predicted octanol–water partition coefficient (Wildman–Crippen LogP) is 2.38. The van der Waals surface area contributed by atoms with E-state index in [9.17, 15) is 14.3 Å². The molecule has 0 aliphatic carbocycles. The van der Waals surface area contributed by atoms with Crippen LogP contribution in [0.4, 0.5) is 9.18 Å². The fourth-order valence-corrected chi connectivity index (χ4v) is 2.45. The van der Waals surface area contributed by atoms with Gasteiger partial charge in [-0.2, -0.15) is 0 Å². The summed E-state index contributed by atoms with van der Waals surface area (Å²) in [5.74, 6) is -0.603. The van der Waals surface area contributed by atoms with Crippen LogP contribution in [0.2, 0.25) is 5.02 Å². The highest BCUT2D eigenvalue weighted by atomic mass is 35.5. The second kappa shape index (κ2) is 7.26. The van der Waals surface area contributed by atoms with Gasteiger partial charge in [-0.25, -0.2) is 9.18 Å². The fourth-order valence-electron chi connectivity index (χ4n) is 2.33. The molecular weight excluding hydrogens is 311 g/mol. The molecular formula is C15H20ClFN2O3. The smallest absolute Gasteiger partial charge is 0.314 e. The lowest BCUT2D eigenvalue weighted by Crippen LogP contribution is -2.45. The Hall–Kier alpha value is -1.37. The Morgan fingerprint density at radius 3 is 2.95 bits per heavy atom. The molecule has 0 unspecified atom stereocenters. The van der Waals surface area contributed by atoms with Gasteiger partial charge < -0.3 is 20.5 Å². The van der Waals surface area contributed by atoms with E-state index >= 15 is 0 Å². The summed E-state index contributed by atoms with van der Waals surface area (Å²) in [7, 11) is 0. The van der Waals surface area contributed by atoms with Crippen LogP contribution < -0.4 is 10.6 Å². The van der Waals surface area contributed by atoms with Crippen LogP contribution in [0, 0.1) is 5.82 Å². The van der Waals surface area contributed by atoms with Crippen molar-refractivity contribution in [2.24, 2.45) is 0 Å². The van der Waals surface area contributed by atoms with E-state index in [2.05, 4.69) is 10.6 Å². The highest BCUT2D eigenvalue weighted by molar-refractivity contribution is 6.30. The average Bonchev–Trinajstić information content (AvgIpc) is 2.93. The Morgan fingerprint density at radius 1 is 1.55 bits per heavy atom. The van der Waals surface area contributed by atoms with Crippen molar-refractivity contribution in [3.63, 3.8) is 0 Å². The summed E-state index contributed by atoms with van der Waals surface area (Å²) in [6, 6.07) is 3.64. The molecule has 2 rings (SSSR count). The molecule has 7 heteroatoms. The molecule has 1 aliphatic heterocycles. The second-order valence-corrected chi connectivity index (χ2v) is 6.06. The van der Waals surface area contributed by atoms with Gasteiger partial charge in [0.25, 0.3) is 0 Å². The zero-order chi connectivity index (χ0) is 16.2. The van der Waals surface area contributed by atoms with Gasteiger partial charge in [0, 0.05) is 19.7 Å². The number of carbonyl (C=O) groups excluding carboxylic acids is 1. The number of nitrogens with one attached hydrogen (secondary N) is 2. The summed E-state index contributed by atoms with van der Waals surface area (Å²) in [6.45, 7) is 3.04. The van der Waals surface area contributed by atoms with E-state index in [0.29, 0.717) is 18.7 Å². The minimum absolute atomic E-state index is 0.00791. The van der Waals surface area contributed by atoms with Crippen molar-refractivity contribution >= 4 is 17.6 Å². The van der Waals surface area contributed by atoms with Crippen LogP contribution in [0.5, 0.6) is 0 Å². The molecule has 22 heavy (non-hydrogen) atoms. The number of aliphatic hydroxyl groups is 1. The van der Waals surface area contributed by atoms with Crippen LogP contribution in [0.15, 0.2) is 18.2 Å². The van der Waals surface area contributed by atoms with Crippen LogP contribution in [-0.2, 0) is 4.74 Å². The molecule has 1 fully saturated rings. The highest BCUT2D eigenvalue weighted by Gasteiger charge is 2.30. The number of halogens is 2. The summed E-state index contributed by atoms with van der Waals surface area (Å²) >= 11 is 5.58. The van der Waals surface area contributed by atoms with Crippen molar-refractivity contribution in [3.05, 3.63) is 34.6 Å². The molecule has 1 aromatic rings. The summed E-state index contributed by atoms with van der Waals surface area (Å²) in [5.41, 5.74) is 0.0308. The lowest BCUT2D eigenvalue weighted by atomic mass is 10.0. The first kappa shape index (κ1) is 17.0. The van der Waals surface area contributed by atoms with E-state index in [1.54, 1.807) is 0 Å². The number of urea groups is 1. The third-order valence-corrected chi connectivity index (χ3v) is 4.01. The maximum atomic E-state index is 13.3. The SMILES string of the molecule is C[C@]1(CNC(=O)NC[C@@H](O)c2ccc(Cl)c(F)c2)CCCO1. The Kier molecular flexibility index (Phi) is 5.61. The molecule has 2 amide bonds. The number of carbonyl (C=O) groups is 1. The Balaban J connectivity index is 1.76. The quantitative estimate of drug-likeness (QED) is 0.776. The van der Waals surface area contributed by atoms with Gasteiger partial charge in [0.2, 0.25) is 0 Å². The van der Waals surface area contributed by atoms with E-state index in [1.807, 2.05) is 6.92 Å². The predicted molar refractivity (Wildman–Crippen MR) is 81.4 cm³/mol. The molecule has 0 spiro atoms. The number of aliphatic hydroxyl groups excluding tert-OH is 1. The summed E-state index contributed by atoms with van der Waals surface area (Å²) in [6.07, 6.45) is 0.886. The molecule has 3 N–H and O–H groups in total. The molecule has 1 saturated heterocycles. The lowest BCUT2D eigenvalue weighted by molar-refractivity contribution is 0.0228. The summed E-state index contributed by atoms with van der Waals surface area (Å²) in [5, 5.41) is 15.2. The van der Waals surface area contributed by atoms with E-state index < -0.39 is 18.0 Å². The molecule has 0 saturated carbocycles. The Labute approximate surface area is 133 Å². The summed E-state index contributed by atoms with van der Waals surface area (Å²) in [4.78, 5) is 11.7. The van der Waals surface area contributed by atoms with E-state index in [-0.39, 0.29) is 17.2 Å². The molecule has 1 aliphatic rings. The first-order valence-corrected chi connectivity index (χ1v) is 7.56. The maximum Gasteiger partial charge on any atom is 0.314 e. The van der Waals surface area contributed by atoms with Crippen molar-refractivity contribution in [1.29, 1.82) is 0 Å². The highest BCUT2D eigenvalue weighted by Crippen LogP contribution is 2.24. The van der Waals surface area contributed by atoms with Crippen molar-refractivity contribution in [3.8, 4) is 0 Å². The van der Waals surface area contributed by atoms with Gasteiger partial charge in [-0.05, 0) is 37.5 Å². The fraction of sp³-hybridized carbons (Fsp3) is 0.533. The topological polar surface area (TPSA) is 70.6 Å². The van der Waals surface area contributed by atoms with Gasteiger partial charge in [0.05, 0.1) is 16.7 Å². The molecule has 5 nitrogen and oxygen atoms in total. The zero-order valence-corrected chi connectivity index (χ0v) is 13.1. The van der Waals surface area contributed by atoms with Crippen LogP contribution in [0.25, 0.3) is 0 Å². The maximum absolute atomic E-state index is 13.3. The van der Waals surface area contributed by atoms with Crippen molar-refractivity contribution in [1.82, 2.24) is 10.6 Å². The van der Waals surface area contributed by atoms with E-state index in [4.69, 9.17) is 16.3 Å². The van der Waals surface area contributed by atoms with Gasteiger partial charge in [-0.3, -0.25) is 0 Å². The number of rotatable bonds is 5. The van der Waals surface area contributed by atoms with Gasteiger partial charge >= 0.3 is 6.03 Å². The number of benzene rings is 1. The van der Waals surface area contributed by atoms with Crippen LogP contribution in [-0.4, -0.2) is 36.4 Å². The number of ether oxygens (including phenoxy) is 1. The second-order valence-electron chi connectivity index (χ2n) is 5.65. The molecule has 1 heterocycles. The van der Waals surface area contributed by atoms with Crippen LogP contribution >= 0.6 is 11.6 Å². The molecule has 2 atom stereocenters. The summed E-state index contributed by atoms with van der Waals surface area (Å²) < 4.78 is 18.9. The third-order valence-electron chi connectivity index (χ3n) is 3.71. The van der Waals surface area contributed by atoms with Crippen molar-refractivity contribution < 1.29 is 19.0 Å². The molecule has 0 radical (unpaired) electrons. The number of amides is 2. The number of hydrogen-bond acceptors (Lipinski definition) is 3. The third kappa shape index (κ3) is 4.56. The van der Waals surface area contributed by atoms with Gasteiger partial charge in [-0.15, -0.1) is 0 Å². The van der Waals surface area contributed by atoms with Crippen LogP contribution in [0.1, 0.15) is 31.4 Å². The standard InChI is InChI=1S/C15H20ClFN2O3/c1-15(5-2-6-22-15)9-19-14(21)18-8-13(20)10-3-4-11(16)12(17)7-10/h3-4,7,13,20H,2,5-6,8-9H2,1H3,(H2,18,19,21)/t13-,15-/m1/s1. The largest absolute Gasteiger partial charge is 0.387 e. The van der Waals surface area contributed by atoms with Crippen molar-refractivity contribution in [2.75, 3.05) is 19.7 Å². The van der Waals surface area contributed by atoms with E-state index in [1.165, 1.54) is 12.1 Å². The van der Waals surface area contributed by atoms with Crippen molar-refractivity contribution in [2.45, 2.75) is 31.5 Å². The van der Waals surface area contributed by atoms with Gasteiger partial charge in [-0.1, -0.05) is 17.7 Å². The number of hydrogen-bond donors (Lipinski definition) is 3.